The van der Waals surface area contributed by atoms with Crippen molar-refractivity contribution >= 4 is 23.2 Å². The smallest absolute Gasteiger partial charge is 0.257 e. The van der Waals surface area contributed by atoms with Crippen molar-refractivity contribution in [3.05, 3.63) is 70.6 Å². The van der Waals surface area contributed by atoms with Crippen molar-refractivity contribution in [3.8, 4) is 5.75 Å². The van der Waals surface area contributed by atoms with Gasteiger partial charge in [0, 0.05) is 43.5 Å². The minimum absolute atomic E-state index is 0.0134. The molecule has 2 aromatic rings. The minimum atomic E-state index is -0.582. The number of carbonyl (C=O) groups is 1. The summed E-state index contributed by atoms with van der Waals surface area (Å²) in [5.74, 6) is -0.609. The molecule has 2 aromatic carbocycles. The van der Waals surface area contributed by atoms with Gasteiger partial charge in [-0.05, 0) is 42.8 Å². The quantitative estimate of drug-likeness (QED) is 0.682. The van der Waals surface area contributed by atoms with Crippen LogP contribution in [0.15, 0.2) is 48.7 Å². The predicted octanol–water partition coefficient (Wildman–Crippen LogP) is 3.98. The average molecular weight is 418 g/mol. The van der Waals surface area contributed by atoms with E-state index in [1.54, 1.807) is 0 Å². The van der Waals surface area contributed by atoms with Crippen LogP contribution in [0.2, 0.25) is 5.02 Å². The van der Waals surface area contributed by atoms with Crippen LogP contribution in [0.25, 0.3) is 0 Å². The maximum atomic E-state index is 13.4. The first-order valence-corrected chi connectivity index (χ1v) is 9.89. The molecule has 0 aliphatic carbocycles. The molecule has 0 saturated carbocycles. The van der Waals surface area contributed by atoms with E-state index in [9.17, 15) is 9.18 Å². The Hall–Kier alpha value is -2.57. The summed E-state index contributed by atoms with van der Waals surface area (Å²) in [4.78, 5) is 14.2. The van der Waals surface area contributed by atoms with E-state index in [1.165, 1.54) is 23.3 Å². The first-order valence-electron chi connectivity index (χ1n) is 9.51. The molecule has 0 fully saturated rings. The van der Waals surface area contributed by atoms with Gasteiger partial charge in [0.25, 0.3) is 5.91 Å². The fourth-order valence-corrected chi connectivity index (χ4v) is 3.36. The molecule has 29 heavy (non-hydrogen) atoms. The molecule has 0 spiro atoms. The second-order valence-corrected chi connectivity index (χ2v) is 7.53. The van der Waals surface area contributed by atoms with E-state index in [2.05, 4.69) is 41.3 Å². The number of hydrogen-bond donors (Lipinski definition) is 2. The van der Waals surface area contributed by atoms with Gasteiger partial charge in [0.1, 0.15) is 11.6 Å². The van der Waals surface area contributed by atoms with E-state index >= 15 is 0 Å². The van der Waals surface area contributed by atoms with Gasteiger partial charge in [0.05, 0.1) is 5.02 Å². The van der Waals surface area contributed by atoms with E-state index in [4.69, 9.17) is 16.3 Å². The standard InChI is InChI=1S/C22H25ClFN3O2/c1-15(26-21-5-3-4-16-13-27(2)11-9-18(16)21)8-10-25-22(28)14-29-17-6-7-19(23)20(24)12-17/h3-7,12,26H,1,8-11,13-14H2,2H3,(H,25,28). The lowest BCUT2D eigenvalue weighted by molar-refractivity contribution is -0.123. The first-order chi connectivity index (χ1) is 13.9. The number of nitrogens with zero attached hydrogens (tertiary/aromatic N) is 1. The molecule has 7 heteroatoms. The monoisotopic (exact) mass is 417 g/mol. The molecule has 0 bridgehead atoms. The van der Waals surface area contributed by atoms with E-state index < -0.39 is 5.82 Å². The maximum Gasteiger partial charge on any atom is 0.257 e. The number of carbonyl (C=O) groups excluding carboxylic acids is 1. The summed E-state index contributed by atoms with van der Waals surface area (Å²) in [5.41, 5.74) is 4.58. The summed E-state index contributed by atoms with van der Waals surface area (Å²) < 4.78 is 18.6. The number of benzene rings is 2. The topological polar surface area (TPSA) is 53.6 Å². The Morgan fingerprint density at radius 1 is 1.34 bits per heavy atom. The zero-order valence-corrected chi connectivity index (χ0v) is 17.2. The summed E-state index contributed by atoms with van der Waals surface area (Å²) >= 11 is 5.62. The van der Waals surface area contributed by atoms with Crippen LogP contribution in [-0.4, -0.2) is 37.6 Å². The van der Waals surface area contributed by atoms with Gasteiger partial charge in [-0.1, -0.05) is 30.3 Å². The third-order valence-corrected chi connectivity index (χ3v) is 5.08. The Morgan fingerprint density at radius 2 is 2.17 bits per heavy atom. The molecule has 2 N–H and O–H groups in total. The van der Waals surface area contributed by atoms with E-state index in [-0.39, 0.29) is 23.3 Å². The fraction of sp³-hybridized carbons (Fsp3) is 0.318. The summed E-state index contributed by atoms with van der Waals surface area (Å²) in [5, 5.41) is 6.16. The van der Waals surface area contributed by atoms with E-state index in [1.807, 2.05) is 6.07 Å². The Bertz CT molecular complexity index is 904. The third kappa shape index (κ3) is 5.95. The van der Waals surface area contributed by atoms with Crippen molar-refractivity contribution in [1.29, 1.82) is 0 Å². The lowest BCUT2D eigenvalue weighted by Crippen LogP contribution is -2.30. The molecule has 1 heterocycles. The molecule has 0 radical (unpaired) electrons. The highest BCUT2D eigenvalue weighted by atomic mass is 35.5. The molecule has 5 nitrogen and oxygen atoms in total. The van der Waals surface area contributed by atoms with Crippen LogP contribution in [0, 0.1) is 5.82 Å². The highest BCUT2D eigenvalue weighted by molar-refractivity contribution is 6.30. The van der Waals surface area contributed by atoms with Crippen molar-refractivity contribution in [2.75, 3.05) is 32.1 Å². The van der Waals surface area contributed by atoms with Gasteiger partial charge in [0.2, 0.25) is 0 Å². The Balaban J connectivity index is 1.41. The van der Waals surface area contributed by atoms with Crippen LogP contribution in [-0.2, 0) is 17.8 Å². The molecule has 3 rings (SSSR count). The largest absolute Gasteiger partial charge is 0.484 e. The number of ether oxygens (including phenoxy) is 1. The summed E-state index contributed by atoms with van der Waals surface area (Å²) in [7, 11) is 2.12. The van der Waals surface area contributed by atoms with Gasteiger partial charge >= 0.3 is 0 Å². The lowest BCUT2D eigenvalue weighted by atomic mass is 9.98. The van der Waals surface area contributed by atoms with Crippen molar-refractivity contribution < 1.29 is 13.9 Å². The van der Waals surface area contributed by atoms with Crippen LogP contribution in [0.4, 0.5) is 10.1 Å². The zero-order chi connectivity index (χ0) is 20.8. The lowest BCUT2D eigenvalue weighted by Gasteiger charge is -2.27. The predicted molar refractivity (Wildman–Crippen MR) is 114 cm³/mol. The van der Waals surface area contributed by atoms with Crippen LogP contribution >= 0.6 is 11.6 Å². The molecular weight excluding hydrogens is 393 g/mol. The van der Waals surface area contributed by atoms with Crippen molar-refractivity contribution in [2.24, 2.45) is 0 Å². The molecule has 1 aliphatic heterocycles. The second kappa shape index (κ2) is 9.76. The van der Waals surface area contributed by atoms with Gasteiger partial charge in [-0.15, -0.1) is 0 Å². The molecule has 0 saturated heterocycles. The maximum absolute atomic E-state index is 13.4. The van der Waals surface area contributed by atoms with Crippen molar-refractivity contribution in [3.63, 3.8) is 0 Å². The fourth-order valence-electron chi connectivity index (χ4n) is 3.24. The van der Waals surface area contributed by atoms with Gasteiger partial charge in [-0.2, -0.15) is 0 Å². The van der Waals surface area contributed by atoms with Gasteiger partial charge in [0.15, 0.2) is 6.61 Å². The molecule has 154 valence electrons. The number of fused-ring (bicyclic) bond motifs is 1. The first kappa shape index (κ1) is 21.1. The van der Waals surface area contributed by atoms with Gasteiger partial charge < -0.3 is 20.3 Å². The molecule has 0 aromatic heterocycles. The van der Waals surface area contributed by atoms with Crippen LogP contribution in [0.5, 0.6) is 5.75 Å². The van der Waals surface area contributed by atoms with Crippen molar-refractivity contribution in [2.45, 2.75) is 19.4 Å². The number of likely N-dealkylation sites (N-methyl/N-ethyl adjacent to an activating group) is 1. The second-order valence-electron chi connectivity index (χ2n) is 7.12. The number of amides is 1. The highest BCUT2D eigenvalue weighted by Gasteiger charge is 2.16. The van der Waals surface area contributed by atoms with E-state index in [0.717, 1.165) is 37.0 Å². The van der Waals surface area contributed by atoms with Crippen LogP contribution in [0.1, 0.15) is 17.5 Å². The SMILES string of the molecule is C=C(CCNC(=O)COc1ccc(Cl)c(F)c1)Nc1cccc2c1CCN(C)C2. The summed E-state index contributed by atoms with van der Waals surface area (Å²) in [6.45, 7) is 6.28. The van der Waals surface area contributed by atoms with Gasteiger partial charge in [-0.25, -0.2) is 4.39 Å². The average Bonchev–Trinajstić information content (AvgIpc) is 2.69. The minimum Gasteiger partial charge on any atom is -0.484 e. The highest BCUT2D eigenvalue weighted by Crippen LogP contribution is 2.26. The number of anilines is 1. The van der Waals surface area contributed by atoms with Crippen LogP contribution < -0.4 is 15.4 Å². The molecule has 1 aliphatic rings. The Labute approximate surface area is 175 Å². The molecular formula is C22H25ClFN3O2. The number of halogens is 2. The Kier molecular flexibility index (Phi) is 7.12. The third-order valence-electron chi connectivity index (χ3n) is 4.78. The molecule has 0 atom stereocenters. The Morgan fingerprint density at radius 3 is 2.97 bits per heavy atom. The number of rotatable bonds is 8. The number of hydrogen-bond acceptors (Lipinski definition) is 4. The molecule has 1 amide bonds. The van der Waals surface area contributed by atoms with Crippen LogP contribution in [0.3, 0.4) is 0 Å². The summed E-state index contributed by atoms with van der Waals surface area (Å²) in [6, 6.07) is 10.3. The van der Waals surface area contributed by atoms with Gasteiger partial charge in [-0.3, -0.25) is 4.79 Å². The normalized spacial score (nSPS) is 13.5. The zero-order valence-electron chi connectivity index (χ0n) is 16.4. The molecule has 0 unspecified atom stereocenters. The number of nitrogens with one attached hydrogen (secondary N) is 2. The summed E-state index contributed by atoms with van der Waals surface area (Å²) in [6.07, 6.45) is 1.59. The van der Waals surface area contributed by atoms with Crippen molar-refractivity contribution in [1.82, 2.24) is 10.2 Å². The van der Waals surface area contributed by atoms with E-state index in [0.29, 0.717) is 13.0 Å².